The van der Waals surface area contributed by atoms with E-state index in [0.717, 1.165) is 34.7 Å². The van der Waals surface area contributed by atoms with Crippen LogP contribution in [0.3, 0.4) is 0 Å². The minimum atomic E-state index is -4.31. The molecule has 0 unspecified atom stereocenters. The minimum Gasteiger partial charge on any atom is -0.494 e. The van der Waals surface area contributed by atoms with Gasteiger partial charge in [-0.1, -0.05) is 23.9 Å². The van der Waals surface area contributed by atoms with Crippen LogP contribution in [-0.4, -0.2) is 16.8 Å². The first-order valence-corrected chi connectivity index (χ1v) is 9.30. The number of nitrogens with zero attached hydrogens (tertiary/aromatic N) is 2. The van der Waals surface area contributed by atoms with Gasteiger partial charge >= 0.3 is 6.18 Å². The Balaban J connectivity index is 1.60. The summed E-state index contributed by atoms with van der Waals surface area (Å²) in [6, 6.07) is 16.5. The number of ether oxygens (including phenoxy) is 1. The normalized spacial score (nSPS) is 11.4. The molecule has 1 heterocycles. The molecule has 0 bridgehead atoms. The largest absolute Gasteiger partial charge is 0.494 e. The molecule has 0 spiro atoms. The Morgan fingerprint density at radius 1 is 0.889 bits per heavy atom. The molecule has 1 aromatic heterocycles. The summed E-state index contributed by atoms with van der Waals surface area (Å²) in [5, 5.41) is 9.12. The summed E-state index contributed by atoms with van der Waals surface area (Å²) >= 11 is 1.42. The van der Waals surface area contributed by atoms with Crippen LogP contribution in [0.2, 0.25) is 0 Å². The fraction of sp³-hybridized carbons (Fsp3) is 0.200. The van der Waals surface area contributed by atoms with E-state index in [1.54, 1.807) is 0 Å². The van der Waals surface area contributed by atoms with Gasteiger partial charge in [0.2, 0.25) is 0 Å². The van der Waals surface area contributed by atoms with Crippen molar-refractivity contribution in [2.24, 2.45) is 0 Å². The third kappa shape index (κ3) is 5.23. The van der Waals surface area contributed by atoms with E-state index in [-0.39, 0.29) is 0 Å². The van der Waals surface area contributed by atoms with E-state index in [1.165, 1.54) is 23.9 Å². The van der Waals surface area contributed by atoms with Crippen molar-refractivity contribution in [1.29, 1.82) is 0 Å². The van der Waals surface area contributed by atoms with Gasteiger partial charge in [-0.15, -0.1) is 10.2 Å². The molecule has 0 radical (unpaired) electrons. The van der Waals surface area contributed by atoms with E-state index in [4.69, 9.17) is 4.74 Å². The molecule has 2 aromatic carbocycles. The van der Waals surface area contributed by atoms with E-state index in [9.17, 15) is 13.2 Å². The smallest absolute Gasteiger partial charge is 0.416 e. The van der Waals surface area contributed by atoms with Crippen molar-refractivity contribution in [1.82, 2.24) is 10.2 Å². The molecule has 0 amide bonds. The van der Waals surface area contributed by atoms with E-state index in [2.05, 4.69) is 10.2 Å². The molecule has 3 rings (SSSR count). The monoisotopic (exact) mass is 390 g/mol. The fourth-order valence-electron chi connectivity index (χ4n) is 2.39. The maximum Gasteiger partial charge on any atom is 0.416 e. The molecule has 3 nitrogen and oxygen atoms in total. The van der Waals surface area contributed by atoms with Crippen LogP contribution in [0.25, 0.3) is 11.3 Å². The first-order valence-electron chi connectivity index (χ1n) is 8.31. The Labute approximate surface area is 159 Å². The average Bonchev–Trinajstić information content (AvgIpc) is 2.67. The molecule has 0 fully saturated rings. The van der Waals surface area contributed by atoms with Gasteiger partial charge in [0.05, 0.1) is 17.9 Å². The van der Waals surface area contributed by atoms with Gasteiger partial charge in [-0.05, 0) is 61.0 Å². The number of hydrogen-bond donors (Lipinski definition) is 0. The number of thioether (sulfide) groups is 1. The number of aromatic nitrogens is 2. The molecule has 0 aliphatic rings. The van der Waals surface area contributed by atoms with Crippen LogP contribution in [0.5, 0.6) is 5.75 Å². The third-order valence-corrected chi connectivity index (χ3v) is 4.76. The van der Waals surface area contributed by atoms with E-state index in [0.29, 0.717) is 17.4 Å². The quantitative estimate of drug-likeness (QED) is 0.494. The number of hydrogen-bond acceptors (Lipinski definition) is 4. The standard InChI is InChI=1S/C20H17F3N2OS/c1-2-26-17-9-5-15(6-10-17)18-11-12-19(25-24-18)27-13-14-3-7-16(8-4-14)20(21,22)23/h3-12H,2,13H2,1H3. The summed E-state index contributed by atoms with van der Waals surface area (Å²) in [5.41, 5.74) is 1.84. The highest BCUT2D eigenvalue weighted by molar-refractivity contribution is 7.98. The van der Waals surface area contributed by atoms with E-state index in [1.807, 2.05) is 43.3 Å². The number of rotatable bonds is 6. The molecule has 0 atom stereocenters. The van der Waals surface area contributed by atoms with Crippen molar-refractivity contribution in [3.05, 3.63) is 71.8 Å². The lowest BCUT2D eigenvalue weighted by Crippen LogP contribution is -2.04. The molecular weight excluding hydrogens is 373 g/mol. The first kappa shape index (κ1) is 19.2. The summed E-state index contributed by atoms with van der Waals surface area (Å²) < 4.78 is 43.1. The average molecular weight is 390 g/mol. The van der Waals surface area contributed by atoms with Gasteiger partial charge in [0.25, 0.3) is 0 Å². The summed E-state index contributed by atoms with van der Waals surface area (Å²) in [6.07, 6.45) is -4.31. The zero-order valence-electron chi connectivity index (χ0n) is 14.5. The Morgan fingerprint density at radius 3 is 2.15 bits per heavy atom. The SMILES string of the molecule is CCOc1ccc(-c2ccc(SCc3ccc(C(F)(F)F)cc3)nn2)cc1. The van der Waals surface area contributed by atoms with E-state index < -0.39 is 11.7 Å². The van der Waals surface area contributed by atoms with Gasteiger partial charge in [-0.25, -0.2) is 0 Å². The second-order valence-corrected chi connectivity index (χ2v) is 6.69. The Morgan fingerprint density at radius 2 is 1.59 bits per heavy atom. The van der Waals surface area contributed by atoms with Crippen LogP contribution in [-0.2, 0) is 11.9 Å². The highest BCUT2D eigenvalue weighted by Crippen LogP contribution is 2.30. The van der Waals surface area contributed by atoms with Crippen LogP contribution in [0.15, 0.2) is 65.7 Å². The van der Waals surface area contributed by atoms with Crippen molar-refractivity contribution in [2.75, 3.05) is 6.61 Å². The second kappa shape index (κ2) is 8.43. The second-order valence-electron chi connectivity index (χ2n) is 5.70. The van der Waals surface area contributed by atoms with Crippen molar-refractivity contribution >= 4 is 11.8 Å². The van der Waals surface area contributed by atoms with Gasteiger partial charge in [0.1, 0.15) is 10.8 Å². The van der Waals surface area contributed by atoms with Crippen molar-refractivity contribution in [3.8, 4) is 17.0 Å². The van der Waals surface area contributed by atoms with Crippen molar-refractivity contribution in [3.63, 3.8) is 0 Å². The number of benzene rings is 2. The molecule has 0 saturated carbocycles. The van der Waals surface area contributed by atoms with Crippen LogP contribution >= 0.6 is 11.8 Å². The Bertz CT molecular complexity index is 864. The van der Waals surface area contributed by atoms with Crippen LogP contribution in [0.4, 0.5) is 13.2 Å². The van der Waals surface area contributed by atoms with Gasteiger partial charge in [0.15, 0.2) is 0 Å². The molecular formula is C20H17F3N2OS. The number of halogens is 3. The fourth-order valence-corrected chi connectivity index (χ4v) is 3.16. The molecule has 0 N–H and O–H groups in total. The lowest BCUT2D eigenvalue weighted by molar-refractivity contribution is -0.137. The zero-order valence-corrected chi connectivity index (χ0v) is 15.3. The highest BCUT2D eigenvalue weighted by atomic mass is 32.2. The van der Waals surface area contributed by atoms with Crippen LogP contribution in [0.1, 0.15) is 18.1 Å². The molecule has 0 aliphatic carbocycles. The lowest BCUT2D eigenvalue weighted by Gasteiger charge is -2.07. The predicted molar refractivity (Wildman–Crippen MR) is 99.6 cm³/mol. The van der Waals surface area contributed by atoms with Crippen molar-refractivity contribution < 1.29 is 17.9 Å². The third-order valence-electron chi connectivity index (χ3n) is 3.77. The van der Waals surface area contributed by atoms with Crippen LogP contribution < -0.4 is 4.74 Å². The van der Waals surface area contributed by atoms with Gasteiger partial charge < -0.3 is 4.74 Å². The summed E-state index contributed by atoms with van der Waals surface area (Å²) in [5.74, 6) is 1.33. The van der Waals surface area contributed by atoms with Gasteiger partial charge in [-0.3, -0.25) is 0 Å². The molecule has 140 valence electrons. The molecule has 3 aromatic rings. The zero-order chi connectivity index (χ0) is 19.3. The van der Waals surface area contributed by atoms with Crippen LogP contribution in [0, 0.1) is 0 Å². The summed E-state index contributed by atoms with van der Waals surface area (Å²) in [4.78, 5) is 0. The first-order chi connectivity index (χ1) is 13.0. The molecule has 0 saturated heterocycles. The highest BCUT2D eigenvalue weighted by Gasteiger charge is 2.29. The van der Waals surface area contributed by atoms with Gasteiger partial charge in [-0.2, -0.15) is 13.2 Å². The predicted octanol–water partition coefficient (Wildman–Crippen LogP) is 5.85. The molecule has 0 aliphatic heterocycles. The maximum atomic E-state index is 12.6. The Kier molecular flexibility index (Phi) is 6.01. The topological polar surface area (TPSA) is 35.0 Å². The summed E-state index contributed by atoms with van der Waals surface area (Å²) in [7, 11) is 0. The van der Waals surface area contributed by atoms with Crippen molar-refractivity contribution in [2.45, 2.75) is 23.9 Å². The van der Waals surface area contributed by atoms with Gasteiger partial charge in [0, 0.05) is 11.3 Å². The molecule has 7 heteroatoms. The molecule has 27 heavy (non-hydrogen) atoms. The number of alkyl halides is 3. The maximum absolute atomic E-state index is 12.6. The minimum absolute atomic E-state index is 0.523. The Hall–Kier alpha value is -2.54. The summed E-state index contributed by atoms with van der Waals surface area (Å²) in [6.45, 7) is 2.55. The van der Waals surface area contributed by atoms with E-state index >= 15 is 0 Å². The lowest BCUT2D eigenvalue weighted by atomic mass is 10.1.